The van der Waals surface area contributed by atoms with Crippen molar-refractivity contribution >= 4 is 11.5 Å². The van der Waals surface area contributed by atoms with Crippen LogP contribution in [0.15, 0.2) is 54.1 Å². The van der Waals surface area contributed by atoms with Crippen molar-refractivity contribution in [1.29, 1.82) is 0 Å². The van der Waals surface area contributed by atoms with Crippen molar-refractivity contribution in [1.82, 2.24) is 0 Å². The van der Waals surface area contributed by atoms with Gasteiger partial charge in [-0.15, -0.1) is 0 Å². The fraction of sp³-hybridized carbons (Fsp3) is 0.316. The molecular formula is C19H22O2. The maximum atomic E-state index is 11.5. The maximum absolute atomic E-state index is 11.5. The summed E-state index contributed by atoms with van der Waals surface area (Å²) in [4.78, 5) is 11.5. The lowest BCUT2D eigenvalue weighted by Crippen LogP contribution is -2.10. The molecular weight excluding hydrogens is 260 g/mol. The minimum Gasteiger partial charge on any atom is -0.461 e. The monoisotopic (exact) mass is 282 g/mol. The number of allylic oxidation sites excluding steroid dienone is 5. The molecule has 1 aromatic rings. The van der Waals surface area contributed by atoms with Crippen molar-refractivity contribution < 1.29 is 9.53 Å². The van der Waals surface area contributed by atoms with E-state index in [2.05, 4.69) is 44.2 Å². The number of hydrogen-bond donors (Lipinski definition) is 0. The van der Waals surface area contributed by atoms with E-state index < -0.39 is 0 Å². The van der Waals surface area contributed by atoms with E-state index in [1.807, 2.05) is 25.1 Å². The molecule has 0 bridgehead atoms. The Morgan fingerprint density at radius 2 is 2.00 bits per heavy atom. The van der Waals surface area contributed by atoms with Crippen LogP contribution >= 0.6 is 0 Å². The summed E-state index contributed by atoms with van der Waals surface area (Å²) in [7, 11) is 0. The summed E-state index contributed by atoms with van der Waals surface area (Å²) >= 11 is 0. The Hall–Kier alpha value is -2.09. The van der Waals surface area contributed by atoms with Crippen LogP contribution in [0.25, 0.3) is 5.57 Å². The Bertz CT molecular complexity index is 606. The van der Waals surface area contributed by atoms with Crippen LogP contribution in [0, 0.1) is 12.8 Å². The number of esters is 1. The van der Waals surface area contributed by atoms with E-state index in [1.165, 1.54) is 11.1 Å². The Morgan fingerprint density at radius 3 is 2.67 bits per heavy atom. The smallest absolute Gasteiger partial charge is 0.305 e. The summed E-state index contributed by atoms with van der Waals surface area (Å²) in [5.41, 5.74) is 4.67. The standard InChI is InChI=1S/C19H22O2/c1-4-19(20)21-13-18(16-11-7-5-9-14(16)2)17-12-8-6-10-15(17)3/h5-12,14H,4,13H2,1-3H3/b18-16-. The third-order valence-corrected chi connectivity index (χ3v) is 3.76. The van der Waals surface area contributed by atoms with Gasteiger partial charge in [-0.1, -0.05) is 62.4 Å². The molecule has 0 fully saturated rings. The molecule has 0 N–H and O–H groups in total. The summed E-state index contributed by atoms with van der Waals surface area (Å²) < 4.78 is 5.41. The molecule has 2 nitrogen and oxygen atoms in total. The van der Waals surface area contributed by atoms with Crippen molar-refractivity contribution in [2.75, 3.05) is 6.61 Å². The van der Waals surface area contributed by atoms with E-state index in [-0.39, 0.29) is 5.97 Å². The molecule has 2 rings (SSSR count). The van der Waals surface area contributed by atoms with Gasteiger partial charge >= 0.3 is 5.97 Å². The number of carbonyl (C=O) groups is 1. The van der Waals surface area contributed by atoms with Crippen LogP contribution in [0.1, 0.15) is 31.4 Å². The molecule has 0 amide bonds. The van der Waals surface area contributed by atoms with E-state index in [4.69, 9.17) is 4.74 Å². The number of hydrogen-bond acceptors (Lipinski definition) is 2. The van der Waals surface area contributed by atoms with Gasteiger partial charge in [-0.05, 0) is 29.5 Å². The predicted molar refractivity (Wildman–Crippen MR) is 86.8 cm³/mol. The molecule has 0 heterocycles. The largest absolute Gasteiger partial charge is 0.461 e. The van der Waals surface area contributed by atoms with Gasteiger partial charge in [0.05, 0.1) is 0 Å². The Kier molecular flexibility index (Phi) is 5.15. The normalized spacial score (nSPS) is 19.5. The molecule has 2 heteroatoms. The minimum absolute atomic E-state index is 0.162. The van der Waals surface area contributed by atoms with Crippen LogP contribution in [-0.4, -0.2) is 12.6 Å². The first kappa shape index (κ1) is 15.3. The highest BCUT2D eigenvalue weighted by molar-refractivity contribution is 5.77. The van der Waals surface area contributed by atoms with Crippen LogP contribution in [0.3, 0.4) is 0 Å². The number of aryl methyl sites for hydroxylation is 1. The van der Waals surface area contributed by atoms with Gasteiger partial charge in [-0.25, -0.2) is 0 Å². The Morgan fingerprint density at radius 1 is 1.24 bits per heavy atom. The van der Waals surface area contributed by atoms with Crippen molar-refractivity contribution in [3.8, 4) is 0 Å². The molecule has 21 heavy (non-hydrogen) atoms. The first-order chi connectivity index (χ1) is 10.1. The first-order valence-electron chi connectivity index (χ1n) is 7.43. The molecule has 110 valence electrons. The van der Waals surface area contributed by atoms with Gasteiger partial charge in [0.1, 0.15) is 6.61 Å². The lowest BCUT2D eigenvalue weighted by molar-refractivity contribution is -0.141. The molecule has 1 aromatic carbocycles. The molecule has 0 saturated heterocycles. The van der Waals surface area contributed by atoms with Gasteiger partial charge in [0.2, 0.25) is 0 Å². The molecule has 1 aliphatic rings. The van der Waals surface area contributed by atoms with Gasteiger partial charge in [0.15, 0.2) is 0 Å². The average Bonchev–Trinajstić information content (AvgIpc) is 2.50. The highest BCUT2D eigenvalue weighted by Gasteiger charge is 2.16. The van der Waals surface area contributed by atoms with Gasteiger partial charge in [0.25, 0.3) is 0 Å². The second-order valence-electron chi connectivity index (χ2n) is 5.30. The van der Waals surface area contributed by atoms with Crippen molar-refractivity contribution in [2.24, 2.45) is 5.92 Å². The zero-order chi connectivity index (χ0) is 15.2. The molecule has 1 atom stereocenters. The minimum atomic E-state index is -0.162. The summed E-state index contributed by atoms with van der Waals surface area (Å²) in [6.07, 6.45) is 8.78. The molecule has 0 aromatic heterocycles. The van der Waals surface area contributed by atoms with Gasteiger partial charge in [-0.2, -0.15) is 0 Å². The summed E-state index contributed by atoms with van der Waals surface area (Å²) in [6, 6.07) is 8.23. The number of carbonyl (C=O) groups excluding carboxylic acids is 1. The molecule has 1 unspecified atom stereocenters. The average molecular weight is 282 g/mol. The number of rotatable bonds is 4. The topological polar surface area (TPSA) is 26.3 Å². The van der Waals surface area contributed by atoms with Crippen LogP contribution < -0.4 is 0 Å². The van der Waals surface area contributed by atoms with Crippen LogP contribution in [-0.2, 0) is 9.53 Å². The maximum Gasteiger partial charge on any atom is 0.305 e. The Balaban J connectivity index is 2.42. The lowest BCUT2D eigenvalue weighted by atomic mass is 9.87. The van der Waals surface area contributed by atoms with Gasteiger partial charge < -0.3 is 4.74 Å². The second kappa shape index (κ2) is 7.07. The molecule has 0 radical (unpaired) electrons. The van der Waals surface area contributed by atoms with E-state index in [9.17, 15) is 4.79 Å². The predicted octanol–water partition coefficient (Wildman–Crippen LogP) is 4.46. The van der Waals surface area contributed by atoms with Crippen LogP contribution in [0.4, 0.5) is 0 Å². The fourth-order valence-electron chi connectivity index (χ4n) is 2.50. The zero-order valence-corrected chi connectivity index (χ0v) is 12.9. The molecule has 0 saturated carbocycles. The Labute approximate surface area is 126 Å². The fourth-order valence-corrected chi connectivity index (χ4v) is 2.50. The van der Waals surface area contributed by atoms with Crippen LogP contribution in [0.2, 0.25) is 0 Å². The third-order valence-electron chi connectivity index (χ3n) is 3.76. The van der Waals surface area contributed by atoms with Crippen molar-refractivity contribution in [2.45, 2.75) is 27.2 Å². The quantitative estimate of drug-likeness (QED) is 0.762. The third kappa shape index (κ3) is 3.72. The number of benzene rings is 1. The molecule has 1 aliphatic carbocycles. The van der Waals surface area contributed by atoms with E-state index in [0.717, 1.165) is 11.1 Å². The first-order valence-corrected chi connectivity index (χ1v) is 7.43. The highest BCUT2D eigenvalue weighted by atomic mass is 16.5. The van der Waals surface area contributed by atoms with E-state index in [1.54, 1.807) is 0 Å². The van der Waals surface area contributed by atoms with Crippen LogP contribution in [0.5, 0.6) is 0 Å². The molecule has 0 aliphatic heterocycles. The van der Waals surface area contributed by atoms with Crippen molar-refractivity contribution in [3.63, 3.8) is 0 Å². The van der Waals surface area contributed by atoms with Gasteiger partial charge in [-0.3, -0.25) is 4.79 Å². The summed E-state index contributed by atoms with van der Waals surface area (Å²) in [5, 5.41) is 0. The summed E-state index contributed by atoms with van der Waals surface area (Å²) in [6.45, 7) is 6.39. The SMILES string of the molecule is CCC(=O)OC/C(=C1\C=CC=CC1C)c1ccccc1C. The number of ether oxygens (including phenoxy) is 1. The molecule has 0 spiro atoms. The van der Waals surface area contributed by atoms with Crippen molar-refractivity contribution in [3.05, 3.63) is 65.3 Å². The summed E-state index contributed by atoms with van der Waals surface area (Å²) in [5.74, 6) is 0.162. The van der Waals surface area contributed by atoms with Gasteiger partial charge in [0, 0.05) is 12.0 Å². The van der Waals surface area contributed by atoms with E-state index in [0.29, 0.717) is 18.9 Å². The zero-order valence-electron chi connectivity index (χ0n) is 12.9. The highest BCUT2D eigenvalue weighted by Crippen LogP contribution is 2.30. The van der Waals surface area contributed by atoms with E-state index >= 15 is 0 Å². The second-order valence-corrected chi connectivity index (χ2v) is 5.30. The lowest BCUT2D eigenvalue weighted by Gasteiger charge is -2.20.